The van der Waals surface area contributed by atoms with Crippen LogP contribution in [-0.2, 0) is 4.79 Å². The molecule has 0 unspecified atom stereocenters. The molecule has 0 spiro atoms. The Balaban J connectivity index is 2.15. The number of benzene rings is 1. The van der Waals surface area contributed by atoms with Crippen LogP contribution in [0.3, 0.4) is 0 Å². The zero-order valence-electron chi connectivity index (χ0n) is 10.6. The monoisotopic (exact) mass is 233 g/mol. The Morgan fingerprint density at radius 3 is 2.53 bits per heavy atom. The number of rotatable bonds is 9. The van der Waals surface area contributed by atoms with Gasteiger partial charge in [-0.25, -0.2) is 0 Å². The zero-order chi connectivity index (χ0) is 12.3. The highest BCUT2D eigenvalue weighted by Gasteiger charge is 2.01. The first-order chi connectivity index (χ1) is 8.38. The minimum atomic E-state index is 0.512. The molecule has 1 radical (unpaired) electrons. The molecule has 1 aromatic rings. The summed E-state index contributed by atoms with van der Waals surface area (Å²) in [5, 5.41) is 0. The Morgan fingerprint density at radius 1 is 1.06 bits per heavy atom. The fourth-order valence-corrected chi connectivity index (χ4v) is 1.74. The highest BCUT2D eigenvalue weighted by atomic mass is 16.5. The van der Waals surface area contributed by atoms with Gasteiger partial charge >= 0.3 is 0 Å². The SMILES string of the molecule is CCCCCCCCOc1ccccc1[C]=O. The molecular formula is C15H21O2. The zero-order valence-corrected chi connectivity index (χ0v) is 10.6. The van der Waals surface area contributed by atoms with Gasteiger partial charge in [-0.2, -0.15) is 0 Å². The van der Waals surface area contributed by atoms with Crippen molar-refractivity contribution in [3.8, 4) is 5.75 Å². The van der Waals surface area contributed by atoms with Crippen molar-refractivity contribution < 1.29 is 9.53 Å². The van der Waals surface area contributed by atoms with Crippen LogP contribution in [0.25, 0.3) is 0 Å². The van der Waals surface area contributed by atoms with Crippen molar-refractivity contribution in [1.82, 2.24) is 0 Å². The van der Waals surface area contributed by atoms with Gasteiger partial charge in [-0.3, -0.25) is 4.79 Å². The third kappa shape index (κ3) is 5.53. The molecule has 0 fully saturated rings. The van der Waals surface area contributed by atoms with Crippen molar-refractivity contribution in [1.29, 1.82) is 0 Å². The summed E-state index contributed by atoms with van der Waals surface area (Å²) in [6.45, 7) is 2.90. The van der Waals surface area contributed by atoms with Crippen molar-refractivity contribution in [2.24, 2.45) is 0 Å². The Labute approximate surface area is 104 Å². The normalized spacial score (nSPS) is 10.2. The van der Waals surface area contributed by atoms with E-state index in [0.29, 0.717) is 17.9 Å². The number of para-hydroxylation sites is 1. The van der Waals surface area contributed by atoms with E-state index in [1.807, 2.05) is 24.5 Å². The number of unbranched alkanes of at least 4 members (excludes halogenated alkanes) is 5. The predicted molar refractivity (Wildman–Crippen MR) is 70.1 cm³/mol. The largest absolute Gasteiger partial charge is 0.493 e. The van der Waals surface area contributed by atoms with E-state index in [-0.39, 0.29) is 0 Å². The third-order valence-corrected chi connectivity index (χ3v) is 2.75. The summed E-state index contributed by atoms with van der Waals surface area (Å²) in [5.41, 5.74) is 0.512. The van der Waals surface area contributed by atoms with Crippen LogP contribution in [0.2, 0.25) is 0 Å². The first-order valence-electron chi connectivity index (χ1n) is 6.48. The molecule has 2 nitrogen and oxygen atoms in total. The molecule has 2 heteroatoms. The number of hydrogen-bond donors (Lipinski definition) is 0. The van der Waals surface area contributed by atoms with Gasteiger partial charge in [0.1, 0.15) is 5.75 Å². The van der Waals surface area contributed by atoms with Crippen LogP contribution < -0.4 is 4.74 Å². The van der Waals surface area contributed by atoms with Gasteiger partial charge in [-0.15, -0.1) is 0 Å². The van der Waals surface area contributed by atoms with Crippen LogP contribution in [0.4, 0.5) is 0 Å². The van der Waals surface area contributed by atoms with E-state index in [4.69, 9.17) is 4.74 Å². The lowest BCUT2D eigenvalue weighted by atomic mass is 10.1. The van der Waals surface area contributed by atoms with Crippen molar-refractivity contribution in [3.63, 3.8) is 0 Å². The van der Waals surface area contributed by atoms with Crippen LogP contribution in [0, 0.1) is 0 Å². The summed E-state index contributed by atoms with van der Waals surface area (Å²) in [6, 6.07) is 7.23. The number of hydrogen-bond acceptors (Lipinski definition) is 2. The maximum atomic E-state index is 10.6. The fourth-order valence-electron chi connectivity index (χ4n) is 1.74. The number of ether oxygens (including phenoxy) is 1. The molecule has 0 heterocycles. The van der Waals surface area contributed by atoms with E-state index in [1.165, 1.54) is 32.1 Å². The lowest BCUT2D eigenvalue weighted by molar-refractivity contribution is 0.303. The van der Waals surface area contributed by atoms with Gasteiger partial charge in [0.2, 0.25) is 6.29 Å². The van der Waals surface area contributed by atoms with E-state index >= 15 is 0 Å². The molecule has 0 aromatic heterocycles. The fraction of sp³-hybridized carbons (Fsp3) is 0.533. The van der Waals surface area contributed by atoms with E-state index in [9.17, 15) is 4.79 Å². The third-order valence-electron chi connectivity index (χ3n) is 2.75. The Bertz CT molecular complexity index is 320. The lowest BCUT2D eigenvalue weighted by Crippen LogP contribution is -1.99. The van der Waals surface area contributed by atoms with Gasteiger partial charge in [0.05, 0.1) is 12.2 Å². The topological polar surface area (TPSA) is 26.3 Å². The van der Waals surface area contributed by atoms with Crippen LogP contribution >= 0.6 is 0 Å². The summed E-state index contributed by atoms with van der Waals surface area (Å²) in [6.07, 6.45) is 9.33. The Kier molecular flexibility index (Phi) is 7.12. The van der Waals surface area contributed by atoms with Crippen LogP contribution in [-0.4, -0.2) is 12.9 Å². The van der Waals surface area contributed by atoms with Crippen LogP contribution in [0.1, 0.15) is 51.0 Å². The van der Waals surface area contributed by atoms with Crippen molar-refractivity contribution in [2.45, 2.75) is 45.4 Å². The highest BCUT2D eigenvalue weighted by molar-refractivity contribution is 5.79. The van der Waals surface area contributed by atoms with Gasteiger partial charge in [0.25, 0.3) is 0 Å². The maximum Gasteiger partial charge on any atom is 0.237 e. The molecule has 1 aromatic carbocycles. The van der Waals surface area contributed by atoms with E-state index < -0.39 is 0 Å². The summed E-state index contributed by atoms with van der Waals surface area (Å²) in [5.74, 6) is 0.649. The molecule has 93 valence electrons. The van der Waals surface area contributed by atoms with Crippen molar-refractivity contribution in [2.75, 3.05) is 6.61 Å². The summed E-state index contributed by atoms with van der Waals surface area (Å²) >= 11 is 0. The smallest absolute Gasteiger partial charge is 0.237 e. The molecule has 0 saturated carbocycles. The molecule has 0 aliphatic carbocycles. The average molecular weight is 233 g/mol. The van der Waals surface area contributed by atoms with Gasteiger partial charge in [0, 0.05) is 0 Å². The first-order valence-corrected chi connectivity index (χ1v) is 6.48. The van der Waals surface area contributed by atoms with Gasteiger partial charge in [-0.1, -0.05) is 51.2 Å². The quantitative estimate of drug-likeness (QED) is 0.605. The highest BCUT2D eigenvalue weighted by Crippen LogP contribution is 2.16. The first kappa shape index (κ1) is 13.8. The molecule has 0 N–H and O–H groups in total. The summed E-state index contributed by atoms with van der Waals surface area (Å²) in [7, 11) is 0. The molecule has 17 heavy (non-hydrogen) atoms. The number of carbonyl (C=O) groups excluding carboxylic acids is 1. The molecule has 0 atom stereocenters. The second-order valence-electron chi connectivity index (χ2n) is 4.21. The molecule has 0 aliphatic rings. The van der Waals surface area contributed by atoms with Gasteiger partial charge in [0.15, 0.2) is 0 Å². The molecule has 0 amide bonds. The summed E-state index contributed by atoms with van der Waals surface area (Å²) in [4.78, 5) is 10.6. The van der Waals surface area contributed by atoms with Gasteiger partial charge in [-0.05, 0) is 18.6 Å². The molecule has 0 bridgehead atoms. The molecular weight excluding hydrogens is 212 g/mol. The van der Waals surface area contributed by atoms with Crippen molar-refractivity contribution in [3.05, 3.63) is 29.8 Å². The maximum absolute atomic E-state index is 10.6. The minimum absolute atomic E-state index is 0.512. The van der Waals surface area contributed by atoms with Crippen molar-refractivity contribution >= 4 is 6.29 Å². The van der Waals surface area contributed by atoms with Crippen LogP contribution in [0.15, 0.2) is 24.3 Å². The second-order valence-corrected chi connectivity index (χ2v) is 4.21. The summed E-state index contributed by atoms with van der Waals surface area (Å²) < 4.78 is 5.57. The second kappa shape index (κ2) is 8.80. The lowest BCUT2D eigenvalue weighted by Gasteiger charge is -2.07. The van der Waals surface area contributed by atoms with Gasteiger partial charge < -0.3 is 4.74 Å². The van der Waals surface area contributed by atoms with E-state index in [0.717, 1.165) is 6.42 Å². The Morgan fingerprint density at radius 2 is 1.76 bits per heavy atom. The molecule has 1 rings (SSSR count). The standard InChI is InChI=1S/C15H21O2/c1-2-3-4-5-6-9-12-17-15-11-8-7-10-14(15)13-16/h7-8,10-11H,2-6,9,12H2,1H3. The Hall–Kier alpha value is -1.31. The minimum Gasteiger partial charge on any atom is -0.493 e. The molecule has 0 saturated heterocycles. The van der Waals surface area contributed by atoms with E-state index in [1.54, 1.807) is 6.07 Å². The van der Waals surface area contributed by atoms with E-state index in [2.05, 4.69) is 6.92 Å². The molecule has 0 aliphatic heterocycles. The average Bonchev–Trinajstić information content (AvgIpc) is 2.38. The predicted octanol–water partition coefficient (Wildman–Crippen LogP) is 3.88. The van der Waals surface area contributed by atoms with Crippen LogP contribution in [0.5, 0.6) is 5.75 Å².